The van der Waals surface area contributed by atoms with Crippen LogP contribution in [0.15, 0.2) is 53.6 Å². The number of carbonyl (C=O) groups excluding carboxylic acids is 1. The molecule has 2 aromatic carbocycles. The van der Waals surface area contributed by atoms with Crippen molar-refractivity contribution in [3.63, 3.8) is 0 Å². The molecule has 0 radical (unpaired) electrons. The molecule has 0 unspecified atom stereocenters. The molecule has 0 atom stereocenters. The predicted molar refractivity (Wildman–Crippen MR) is 101 cm³/mol. The fraction of sp³-hybridized carbons (Fsp3) is 0.250. The number of nitrogens with zero attached hydrogens (tertiary/aromatic N) is 2. The number of hydrogen-bond donors (Lipinski definition) is 2. The highest BCUT2D eigenvalue weighted by Crippen LogP contribution is 2.21. The lowest BCUT2D eigenvalue weighted by Gasteiger charge is -2.14. The van der Waals surface area contributed by atoms with Crippen molar-refractivity contribution < 1.29 is 4.79 Å². The molecule has 0 aliphatic rings. The first kappa shape index (κ1) is 16.9. The standard InChI is InChI=1S/C20H22N4O/c1-13(15-11-7-9-14-8-5-6-10-16(14)15)21-24-19(25)17-12-18(23-22-17)20(2,3)4/h5-12H,1-4H3,(H,22,23)(H,24,25)/b21-13-. The van der Waals surface area contributed by atoms with Crippen molar-refractivity contribution in [2.45, 2.75) is 33.1 Å². The Kier molecular flexibility index (Phi) is 4.40. The van der Waals surface area contributed by atoms with Crippen LogP contribution in [0, 0.1) is 0 Å². The van der Waals surface area contributed by atoms with Crippen LogP contribution in [0.3, 0.4) is 0 Å². The smallest absolute Gasteiger partial charge is 0.281 e. The van der Waals surface area contributed by atoms with Gasteiger partial charge in [-0.05, 0) is 23.8 Å². The molecule has 5 heteroatoms. The van der Waals surface area contributed by atoms with Crippen molar-refractivity contribution in [2.24, 2.45) is 5.10 Å². The summed E-state index contributed by atoms with van der Waals surface area (Å²) in [5.74, 6) is -0.327. The van der Waals surface area contributed by atoms with Crippen molar-refractivity contribution in [3.8, 4) is 0 Å². The van der Waals surface area contributed by atoms with Gasteiger partial charge in [-0.2, -0.15) is 10.2 Å². The third-order valence-corrected chi connectivity index (χ3v) is 4.12. The predicted octanol–water partition coefficient (Wildman–Crippen LogP) is 4.01. The Hall–Kier alpha value is -2.95. The Morgan fingerprint density at radius 2 is 1.84 bits per heavy atom. The molecule has 0 aliphatic carbocycles. The summed E-state index contributed by atoms with van der Waals surface area (Å²) in [6.07, 6.45) is 0. The largest absolute Gasteiger partial charge is 0.291 e. The number of hydrogen-bond acceptors (Lipinski definition) is 3. The van der Waals surface area contributed by atoms with Crippen LogP contribution < -0.4 is 5.43 Å². The van der Waals surface area contributed by atoms with Gasteiger partial charge in [0.2, 0.25) is 0 Å². The normalized spacial score (nSPS) is 12.4. The van der Waals surface area contributed by atoms with Crippen LogP contribution in [0.4, 0.5) is 0 Å². The van der Waals surface area contributed by atoms with E-state index in [0.717, 1.165) is 27.7 Å². The number of benzene rings is 2. The molecule has 0 fully saturated rings. The summed E-state index contributed by atoms with van der Waals surface area (Å²) in [6, 6.07) is 15.9. The second kappa shape index (κ2) is 6.51. The van der Waals surface area contributed by atoms with Crippen molar-refractivity contribution in [3.05, 3.63) is 65.5 Å². The molecule has 0 saturated heterocycles. The SMILES string of the molecule is C/C(=N/NC(=O)c1cc(C(C)(C)C)[nH]n1)c1cccc2ccccc12. The zero-order valence-corrected chi connectivity index (χ0v) is 14.9. The number of fused-ring (bicyclic) bond motifs is 1. The quantitative estimate of drug-likeness (QED) is 0.561. The van der Waals surface area contributed by atoms with Gasteiger partial charge in [-0.15, -0.1) is 0 Å². The van der Waals surface area contributed by atoms with Crippen LogP contribution in [-0.2, 0) is 5.41 Å². The zero-order valence-electron chi connectivity index (χ0n) is 14.9. The lowest BCUT2D eigenvalue weighted by Crippen LogP contribution is -2.20. The summed E-state index contributed by atoms with van der Waals surface area (Å²) < 4.78 is 0. The first-order chi connectivity index (χ1) is 11.9. The van der Waals surface area contributed by atoms with Crippen LogP contribution >= 0.6 is 0 Å². The molecule has 1 aromatic heterocycles. The Bertz CT molecular complexity index is 942. The Morgan fingerprint density at radius 3 is 2.56 bits per heavy atom. The van der Waals surface area contributed by atoms with Gasteiger partial charge >= 0.3 is 0 Å². The molecule has 0 bridgehead atoms. The van der Waals surface area contributed by atoms with E-state index in [4.69, 9.17) is 0 Å². The molecule has 0 spiro atoms. The lowest BCUT2D eigenvalue weighted by atomic mass is 9.92. The number of aromatic nitrogens is 2. The number of amides is 1. The maximum absolute atomic E-state index is 12.3. The Labute approximate surface area is 147 Å². The van der Waals surface area contributed by atoms with Gasteiger partial charge in [-0.3, -0.25) is 9.89 Å². The molecule has 128 valence electrons. The van der Waals surface area contributed by atoms with Gasteiger partial charge in [0.25, 0.3) is 5.91 Å². The molecule has 1 heterocycles. The molecule has 25 heavy (non-hydrogen) atoms. The monoisotopic (exact) mass is 334 g/mol. The van der Waals surface area contributed by atoms with Gasteiger partial charge < -0.3 is 0 Å². The number of carbonyl (C=O) groups is 1. The van der Waals surface area contributed by atoms with Crippen LogP contribution in [0.25, 0.3) is 10.8 Å². The van der Waals surface area contributed by atoms with E-state index in [1.807, 2.05) is 31.2 Å². The second-order valence-corrected chi connectivity index (χ2v) is 7.08. The van der Waals surface area contributed by atoms with Crippen LogP contribution in [0.2, 0.25) is 0 Å². The average Bonchev–Trinajstić information content (AvgIpc) is 3.09. The average molecular weight is 334 g/mol. The number of aromatic amines is 1. The van der Waals surface area contributed by atoms with E-state index in [2.05, 4.69) is 59.7 Å². The third-order valence-electron chi connectivity index (χ3n) is 4.12. The molecule has 2 N–H and O–H groups in total. The van der Waals surface area contributed by atoms with E-state index < -0.39 is 0 Å². The summed E-state index contributed by atoms with van der Waals surface area (Å²) in [4.78, 5) is 12.3. The second-order valence-electron chi connectivity index (χ2n) is 7.08. The van der Waals surface area contributed by atoms with Crippen molar-refractivity contribution in [1.29, 1.82) is 0 Å². The summed E-state index contributed by atoms with van der Waals surface area (Å²) in [7, 11) is 0. The Morgan fingerprint density at radius 1 is 1.12 bits per heavy atom. The molecular formula is C20H22N4O. The number of rotatable bonds is 3. The third kappa shape index (κ3) is 3.60. The van der Waals surface area contributed by atoms with Crippen molar-refractivity contribution in [2.75, 3.05) is 0 Å². The highest BCUT2D eigenvalue weighted by molar-refractivity contribution is 6.10. The van der Waals surface area contributed by atoms with E-state index >= 15 is 0 Å². The minimum Gasteiger partial charge on any atom is -0.281 e. The molecule has 5 nitrogen and oxygen atoms in total. The number of hydrazone groups is 1. The summed E-state index contributed by atoms with van der Waals surface area (Å²) >= 11 is 0. The lowest BCUT2D eigenvalue weighted by molar-refractivity contribution is 0.0950. The topological polar surface area (TPSA) is 70.1 Å². The van der Waals surface area contributed by atoms with Gasteiger partial charge in [0.05, 0.1) is 5.71 Å². The minimum atomic E-state index is -0.327. The van der Waals surface area contributed by atoms with Gasteiger partial charge in [-0.1, -0.05) is 63.2 Å². The molecule has 1 amide bonds. The van der Waals surface area contributed by atoms with Crippen LogP contribution in [-0.4, -0.2) is 21.8 Å². The molecule has 3 aromatic rings. The van der Waals surface area contributed by atoms with E-state index in [9.17, 15) is 4.79 Å². The maximum atomic E-state index is 12.3. The first-order valence-electron chi connectivity index (χ1n) is 8.25. The molecule has 0 saturated carbocycles. The fourth-order valence-electron chi connectivity index (χ4n) is 2.62. The van der Waals surface area contributed by atoms with Crippen molar-refractivity contribution in [1.82, 2.24) is 15.6 Å². The maximum Gasteiger partial charge on any atom is 0.291 e. The highest BCUT2D eigenvalue weighted by atomic mass is 16.2. The number of nitrogens with one attached hydrogen (secondary N) is 2. The van der Waals surface area contributed by atoms with Gasteiger partial charge in [0, 0.05) is 16.7 Å². The van der Waals surface area contributed by atoms with E-state index in [1.165, 1.54) is 0 Å². The summed E-state index contributed by atoms with van der Waals surface area (Å²) in [5, 5.41) is 13.5. The molecule has 3 rings (SSSR count). The van der Waals surface area contributed by atoms with Gasteiger partial charge in [0.15, 0.2) is 5.69 Å². The molecule has 0 aliphatic heterocycles. The van der Waals surface area contributed by atoms with Gasteiger partial charge in [-0.25, -0.2) is 5.43 Å². The zero-order chi connectivity index (χ0) is 18.0. The van der Waals surface area contributed by atoms with E-state index in [-0.39, 0.29) is 11.3 Å². The fourth-order valence-corrected chi connectivity index (χ4v) is 2.62. The van der Waals surface area contributed by atoms with Crippen LogP contribution in [0.5, 0.6) is 0 Å². The van der Waals surface area contributed by atoms with Crippen LogP contribution in [0.1, 0.15) is 49.4 Å². The van der Waals surface area contributed by atoms with E-state index in [1.54, 1.807) is 6.07 Å². The van der Waals surface area contributed by atoms with Crippen molar-refractivity contribution >= 4 is 22.4 Å². The summed E-state index contributed by atoms with van der Waals surface area (Å²) in [6.45, 7) is 8.06. The Balaban J connectivity index is 1.81. The molecular weight excluding hydrogens is 312 g/mol. The minimum absolute atomic E-state index is 0.0896. The first-order valence-corrected chi connectivity index (χ1v) is 8.25. The number of H-pyrrole nitrogens is 1. The highest BCUT2D eigenvalue weighted by Gasteiger charge is 2.19. The summed E-state index contributed by atoms with van der Waals surface area (Å²) in [5.41, 5.74) is 5.49. The van der Waals surface area contributed by atoms with E-state index in [0.29, 0.717) is 5.69 Å². The van der Waals surface area contributed by atoms with Gasteiger partial charge in [0.1, 0.15) is 0 Å².